The fraction of sp³-hybridized carbons (Fsp3) is 0.278. The monoisotopic (exact) mass is 324 g/mol. The van der Waals surface area contributed by atoms with Crippen molar-refractivity contribution < 1.29 is 9.53 Å². The van der Waals surface area contributed by atoms with Crippen molar-refractivity contribution in [3.8, 4) is 0 Å². The van der Waals surface area contributed by atoms with Crippen LogP contribution in [-0.4, -0.2) is 24.0 Å². The van der Waals surface area contributed by atoms with E-state index in [1.165, 1.54) is 0 Å². The van der Waals surface area contributed by atoms with E-state index in [0.717, 1.165) is 5.20 Å². The molecule has 0 unspecified atom stereocenters. The summed E-state index contributed by atoms with van der Waals surface area (Å²) >= 11 is 0. The fourth-order valence-electron chi connectivity index (χ4n) is 3.36. The fourth-order valence-corrected chi connectivity index (χ4v) is 5.95. The lowest BCUT2D eigenvalue weighted by atomic mass is 9.92. The molecule has 1 aliphatic heterocycles. The molecule has 2 aromatic heterocycles. The van der Waals surface area contributed by atoms with E-state index in [-0.39, 0.29) is 5.97 Å². The number of hydrogen-bond donors (Lipinski definition) is 0. The third-order valence-corrected chi connectivity index (χ3v) is 6.31. The van der Waals surface area contributed by atoms with Crippen molar-refractivity contribution in [1.82, 2.24) is 9.97 Å². The molecule has 3 heterocycles. The predicted molar refractivity (Wildman–Crippen MR) is 91.4 cm³/mol. The van der Waals surface area contributed by atoms with Crippen LogP contribution < -0.4 is 0 Å². The minimum absolute atomic E-state index is 0.279. The quantitative estimate of drug-likeness (QED) is 0.641. The van der Waals surface area contributed by atoms with Crippen molar-refractivity contribution >= 4 is 14.0 Å². The molecule has 23 heavy (non-hydrogen) atoms. The Labute approximate surface area is 137 Å². The molecule has 0 aliphatic carbocycles. The zero-order valence-corrected chi connectivity index (χ0v) is 14.8. The smallest absolute Gasteiger partial charge is 0.335 e. The van der Waals surface area contributed by atoms with E-state index in [1.807, 2.05) is 43.3 Å². The first-order chi connectivity index (χ1) is 10.9. The first kappa shape index (κ1) is 15.6. The van der Waals surface area contributed by atoms with Crippen LogP contribution in [0.15, 0.2) is 59.6 Å². The molecule has 2 aromatic rings. The van der Waals surface area contributed by atoms with Crippen molar-refractivity contribution in [2.24, 2.45) is 0 Å². The number of pyridine rings is 2. The van der Waals surface area contributed by atoms with E-state index < -0.39 is 13.7 Å². The number of ether oxygens (including phenoxy) is 1. The number of cyclic esters (lactones) is 1. The molecule has 1 aliphatic rings. The van der Waals surface area contributed by atoms with Gasteiger partial charge in [0.1, 0.15) is 0 Å². The number of esters is 1. The lowest BCUT2D eigenvalue weighted by Crippen LogP contribution is -2.42. The van der Waals surface area contributed by atoms with Gasteiger partial charge >= 0.3 is 5.97 Å². The van der Waals surface area contributed by atoms with Crippen LogP contribution >= 0.6 is 0 Å². The largest absolute Gasteiger partial charge is 0.438 e. The Morgan fingerprint density at radius 3 is 1.87 bits per heavy atom. The average Bonchev–Trinajstić information content (AvgIpc) is 2.82. The van der Waals surface area contributed by atoms with E-state index in [2.05, 4.69) is 29.6 Å². The van der Waals surface area contributed by atoms with Crippen molar-refractivity contribution in [3.63, 3.8) is 0 Å². The molecule has 0 bridgehead atoms. The van der Waals surface area contributed by atoms with Gasteiger partial charge < -0.3 is 4.74 Å². The summed E-state index contributed by atoms with van der Waals surface area (Å²) in [6.45, 7) is 8.50. The molecule has 0 aromatic carbocycles. The molecule has 0 fully saturated rings. The van der Waals surface area contributed by atoms with Gasteiger partial charge in [0.25, 0.3) is 0 Å². The molecule has 0 amide bonds. The van der Waals surface area contributed by atoms with Crippen LogP contribution in [0.1, 0.15) is 18.3 Å². The summed E-state index contributed by atoms with van der Waals surface area (Å²) in [5, 5.41) is 1.05. The highest BCUT2D eigenvalue weighted by atomic mass is 28.3. The molecule has 0 N–H and O–H groups in total. The standard InChI is InChI=1S/C18H20N2O2Si/c1-13-16(23(2,3)4)18(22-17(13)21,14-9-5-7-11-19-14)15-10-6-8-12-20-15/h5-12H,1-4H3. The maximum Gasteiger partial charge on any atom is 0.335 e. The molecule has 3 rings (SSSR count). The lowest BCUT2D eigenvalue weighted by Gasteiger charge is -2.35. The summed E-state index contributed by atoms with van der Waals surface area (Å²) in [5.74, 6) is -0.279. The highest BCUT2D eigenvalue weighted by Gasteiger charge is 2.54. The number of hydrogen-bond acceptors (Lipinski definition) is 4. The maximum absolute atomic E-state index is 12.5. The molecular weight excluding hydrogens is 304 g/mol. The topological polar surface area (TPSA) is 52.1 Å². The van der Waals surface area contributed by atoms with E-state index in [0.29, 0.717) is 17.0 Å². The van der Waals surface area contributed by atoms with E-state index >= 15 is 0 Å². The highest BCUT2D eigenvalue weighted by molar-refractivity contribution is 6.84. The van der Waals surface area contributed by atoms with Gasteiger partial charge in [0, 0.05) is 18.0 Å². The third kappa shape index (κ3) is 2.41. The Kier molecular flexibility index (Phi) is 3.68. The second-order valence-corrected chi connectivity index (χ2v) is 11.8. The van der Waals surface area contributed by atoms with Gasteiger partial charge in [-0.2, -0.15) is 0 Å². The first-order valence-corrected chi connectivity index (χ1v) is 11.2. The van der Waals surface area contributed by atoms with Gasteiger partial charge in [-0.25, -0.2) is 4.79 Å². The van der Waals surface area contributed by atoms with Crippen LogP contribution in [0.2, 0.25) is 19.6 Å². The molecule has 0 radical (unpaired) electrons. The summed E-state index contributed by atoms with van der Waals surface area (Å²) in [6.07, 6.45) is 3.45. The molecule has 4 nitrogen and oxygen atoms in total. The Hall–Kier alpha value is -2.27. The number of rotatable bonds is 3. The van der Waals surface area contributed by atoms with Gasteiger partial charge in [-0.05, 0) is 36.4 Å². The minimum Gasteiger partial charge on any atom is -0.438 e. The second kappa shape index (κ2) is 5.42. The van der Waals surface area contributed by atoms with Crippen LogP contribution in [0.4, 0.5) is 0 Å². The molecule has 118 valence electrons. The zero-order valence-electron chi connectivity index (χ0n) is 13.8. The van der Waals surface area contributed by atoms with Gasteiger partial charge in [-0.1, -0.05) is 31.8 Å². The SMILES string of the molecule is CC1=C([Si](C)(C)C)C(c2ccccn2)(c2ccccn2)OC1=O. The molecular formula is C18H20N2O2Si. The minimum atomic E-state index is -1.88. The Balaban J connectivity index is 2.37. The number of carbonyl (C=O) groups is 1. The zero-order chi connectivity index (χ0) is 16.7. The van der Waals surface area contributed by atoms with Crippen molar-refractivity contribution in [1.29, 1.82) is 0 Å². The molecule has 0 spiro atoms. The summed E-state index contributed by atoms with van der Waals surface area (Å²) in [6, 6.07) is 11.3. The van der Waals surface area contributed by atoms with E-state index in [4.69, 9.17) is 4.74 Å². The van der Waals surface area contributed by atoms with Gasteiger partial charge in [0.05, 0.1) is 19.5 Å². The molecule has 0 saturated carbocycles. The van der Waals surface area contributed by atoms with Gasteiger partial charge in [-0.3, -0.25) is 9.97 Å². The van der Waals surface area contributed by atoms with Crippen LogP contribution in [0.5, 0.6) is 0 Å². The van der Waals surface area contributed by atoms with Crippen molar-refractivity contribution in [3.05, 3.63) is 70.9 Å². The Bertz CT molecular complexity index is 725. The normalized spacial score (nSPS) is 17.3. The number of nitrogens with zero attached hydrogens (tertiary/aromatic N) is 2. The van der Waals surface area contributed by atoms with Crippen molar-refractivity contribution in [2.75, 3.05) is 0 Å². The lowest BCUT2D eigenvalue weighted by molar-refractivity contribution is -0.145. The summed E-state index contributed by atoms with van der Waals surface area (Å²) in [7, 11) is -1.88. The number of aromatic nitrogens is 2. The average molecular weight is 324 g/mol. The van der Waals surface area contributed by atoms with Crippen LogP contribution in [-0.2, 0) is 15.1 Å². The van der Waals surface area contributed by atoms with Crippen molar-refractivity contribution in [2.45, 2.75) is 32.2 Å². The maximum atomic E-state index is 12.5. The first-order valence-electron chi connectivity index (χ1n) is 7.65. The molecule has 0 saturated heterocycles. The summed E-state index contributed by atoms with van der Waals surface area (Å²) < 4.78 is 5.97. The third-order valence-electron chi connectivity index (χ3n) is 4.08. The summed E-state index contributed by atoms with van der Waals surface area (Å²) in [4.78, 5) is 21.5. The Morgan fingerprint density at radius 2 is 1.48 bits per heavy atom. The van der Waals surface area contributed by atoms with Gasteiger partial charge in [-0.15, -0.1) is 0 Å². The molecule has 5 heteroatoms. The van der Waals surface area contributed by atoms with E-state index in [9.17, 15) is 4.79 Å². The van der Waals surface area contributed by atoms with E-state index in [1.54, 1.807) is 12.4 Å². The van der Waals surface area contributed by atoms with Crippen LogP contribution in [0, 0.1) is 0 Å². The number of carbonyl (C=O) groups excluding carboxylic acids is 1. The van der Waals surface area contributed by atoms with Gasteiger partial charge in [0.2, 0.25) is 5.60 Å². The van der Waals surface area contributed by atoms with Crippen LogP contribution in [0.25, 0.3) is 0 Å². The van der Waals surface area contributed by atoms with Crippen LogP contribution in [0.3, 0.4) is 0 Å². The Morgan fingerprint density at radius 1 is 0.957 bits per heavy atom. The predicted octanol–water partition coefficient (Wildman–Crippen LogP) is 3.47. The summed E-state index contributed by atoms with van der Waals surface area (Å²) in [5.41, 5.74) is 1.11. The highest BCUT2D eigenvalue weighted by Crippen LogP contribution is 2.48. The second-order valence-electron chi connectivity index (χ2n) is 6.75. The van der Waals surface area contributed by atoms with Gasteiger partial charge in [0.15, 0.2) is 0 Å². The molecule has 0 atom stereocenters.